The van der Waals surface area contributed by atoms with Crippen molar-refractivity contribution in [2.45, 2.75) is 32.6 Å². The van der Waals surface area contributed by atoms with Crippen molar-refractivity contribution < 1.29 is 14.6 Å². The number of ether oxygens (including phenoxy) is 1. The lowest BCUT2D eigenvalue weighted by Gasteiger charge is -2.24. The van der Waals surface area contributed by atoms with Crippen LogP contribution in [-0.2, 0) is 4.79 Å². The number of hydrogen-bond acceptors (Lipinski definition) is 2. The first-order chi connectivity index (χ1) is 9.15. The van der Waals surface area contributed by atoms with E-state index in [1.165, 1.54) is 16.7 Å². The molecule has 0 amide bonds. The van der Waals surface area contributed by atoms with Gasteiger partial charge in [0.15, 0.2) is 0 Å². The Bertz CT molecular complexity index is 485. The molecule has 1 aliphatic carbocycles. The molecular weight excluding hydrogens is 240 g/mol. The van der Waals surface area contributed by atoms with E-state index in [-0.39, 0.29) is 5.92 Å². The van der Waals surface area contributed by atoms with Crippen LogP contribution in [0.3, 0.4) is 0 Å². The van der Waals surface area contributed by atoms with Crippen molar-refractivity contribution in [2.75, 3.05) is 7.11 Å². The summed E-state index contributed by atoms with van der Waals surface area (Å²) in [6.07, 6.45) is 3.20. The van der Waals surface area contributed by atoms with Crippen LogP contribution in [0, 0.1) is 5.92 Å². The Morgan fingerprint density at radius 3 is 2.58 bits per heavy atom. The second-order valence-corrected chi connectivity index (χ2v) is 4.94. The molecular formula is C16H20O3. The van der Waals surface area contributed by atoms with Crippen molar-refractivity contribution in [1.82, 2.24) is 0 Å². The molecule has 1 aliphatic rings. The molecule has 0 spiro atoms. The predicted octanol–water partition coefficient (Wildman–Crippen LogP) is 3.74. The molecule has 0 unspecified atom stereocenters. The van der Waals surface area contributed by atoms with Gasteiger partial charge in [-0.1, -0.05) is 24.6 Å². The summed E-state index contributed by atoms with van der Waals surface area (Å²) < 4.78 is 5.16. The number of hydrogen-bond donors (Lipinski definition) is 1. The highest BCUT2D eigenvalue weighted by molar-refractivity contribution is 5.76. The van der Waals surface area contributed by atoms with Crippen LogP contribution in [0.2, 0.25) is 0 Å². The quantitative estimate of drug-likeness (QED) is 0.897. The number of carboxylic acid groups (broad SMARTS) is 1. The first-order valence-corrected chi connectivity index (χ1v) is 6.73. The molecule has 1 aromatic rings. The summed E-state index contributed by atoms with van der Waals surface area (Å²) in [5.74, 6) is -0.0294. The van der Waals surface area contributed by atoms with Crippen LogP contribution in [0.1, 0.15) is 38.2 Å². The summed E-state index contributed by atoms with van der Waals surface area (Å²) >= 11 is 0. The third-order valence-electron chi connectivity index (χ3n) is 3.88. The molecule has 102 valence electrons. The standard InChI is InChI=1S/C16H20O3/c1-3-11-10-13(16(17)18)6-9-15(11)12-4-7-14(19-2)8-5-12/h4-5,7-8,13H,3,6,9-10H2,1-2H3,(H,17,18)/t13-/m0/s1. The van der Waals surface area contributed by atoms with Gasteiger partial charge in [0.2, 0.25) is 0 Å². The van der Waals surface area contributed by atoms with E-state index in [0.29, 0.717) is 6.42 Å². The van der Waals surface area contributed by atoms with E-state index in [2.05, 4.69) is 19.1 Å². The second kappa shape index (κ2) is 5.91. The number of aliphatic carboxylic acids is 1. The molecule has 1 atom stereocenters. The fourth-order valence-electron chi connectivity index (χ4n) is 2.73. The van der Waals surface area contributed by atoms with Crippen molar-refractivity contribution in [1.29, 1.82) is 0 Å². The third kappa shape index (κ3) is 2.98. The van der Waals surface area contributed by atoms with E-state index in [1.54, 1.807) is 7.11 Å². The maximum absolute atomic E-state index is 11.1. The Labute approximate surface area is 113 Å². The van der Waals surface area contributed by atoms with Crippen molar-refractivity contribution in [3.8, 4) is 5.75 Å². The summed E-state index contributed by atoms with van der Waals surface area (Å²) in [6.45, 7) is 2.10. The fraction of sp³-hybridized carbons (Fsp3) is 0.438. The van der Waals surface area contributed by atoms with Gasteiger partial charge in [0, 0.05) is 0 Å². The number of carbonyl (C=O) groups is 1. The smallest absolute Gasteiger partial charge is 0.306 e. The van der Waals surface area contributed by atoms with Crippen LogP contribution in [0.15, 0.2) is 29.8 Å². The number of methoxy groups -OCH3 is 1. The normalized spacial score (nSPS) is 19.4. The van der Waals surface area contributed by atoms with E-state index in [1.807, 2.05) is 12.1 Å². The Morgan fingerprint density at radius 2 is 2.05 bits per heavy atom. The lowest BCUT2D eigenvalue weighted by atomic mass is 9.80. The van der Waals surface area contributed by atoms with Crippen molar-refractivity contribution in [3.05, 3.63) is 35.4 Å². The van der Waals surface area contributed by atoms with E-state index in [0.717, 1.165) is 25.0 Å². The zero-order valence-electron chi connectivity index (χ0n) is 11.5. The van der Waals surface area contributed by atoms with E-state index < -0.39 is 5.97 Å². The molecule has 3 nitrogen and oxygen atoms in total. The average Bonchev–Trinajstić information content (AvgIpc) is 2.46. The lowest BCUT2D eigenvalue weighted by Crippen LogP contribution is -2.18. The van der Waals surface area contributed by atoms with Crippen molar-refractivity contribution in [3.63, 3.8) is 0 Å². The molecule has 1 aromatic carbocycles. The molecule has 0 aromatic heterocycles. The number of benzene rings is 1. The number of rotatable bonds is 4. The zero-order chi connectivity index (χ0) is 13.8. The highest BCUT2D eigenvalue weighted by Gasteiger charge is 2.25. The first kappa shape index (κ1) is 13.7. The maximum atomic E-state index is 11.1. The van der Waals surface area contributed by atoms with Gasteiger partial charge in [-0.25, -0.2) is 0 Å². The minimum absolute atomic E-state index is 0.211. The van der Waals surface area contributed by atoms with Gasteiger partial charge in [0.1, 0.15) is 5.75 Å². The van der Waals surface area contributed by atoms with Gasteiger partial charge in [-0.15, -0.1) is 0 Å². The Hall–Kier alpha value is -1.77. The van der Waals surface area contributed by atoms with Crippen molar-refractivity contribution in [2.24, 2.45) is 5.92 Å². The summed E-state index contributed by atoms with van der Waals surface area (Å²) in [5, 5.41) is 9.14. The van der Waals surface area contributed by atoms with Gasteiger partial charge in [0.05, 0.1) is 13.0 Å². The van der Waals surface area contributed by atoms with Gasteiger partial charge in [-0.2, -0.15) is 0 Å². The highest BCUT2D eigenvalue weighted by atomic mass is 16.5. The summed E-state index contributed by atoms with van der Waals surface area (Å²) in [5.41, 5.74) is 3.80. The van der Waals surface area contributed by atoms with Crippen molar-refractivity contribution >= 4 is 11.5 Å². The molecule has 19 heavy (non-hydrogen) atoms. The van der Waals surface area contributed by atoms with Crippen LogP contribution >= 0.6 is 0 Å². The summed E-state index contributed by atoms with van der Waals surface area (Å²) in [7, 11) is 1.66. The van der Waals surface area contributed by atoms with Crippen LogP contribution in [0.5, 0.6) is 5.75 Å². The maximum Gasteiger partial charge on any atom is 0.306 e. The number of carboxylic acids is 1. The highest BCUT2D eigenvalue weighted by Crippen LogP contribution is 2.37. The molecule has 3 heteroatoms. The molecule has 1 N–H and O–H groups in total. The molecule has 0 radical (unpaired) electrons. The summed E-state index contributed by atoms with van der Waals surface area (Å²) in [6, 6.07) is 8.04. The second-order valence-electron chi connectivity index (χ2n) is 4.94. The zero-order valence-corrected chi connectivity index (χ0v) is 11.5. The van der Waals surface area contributed by atoms with Gasteiger partial charge in [0.25, 0.3) is 0 Å². The molecule has 2 rings (SSSR count). The number of allylic oxidation sites excluding steroid dienone is 2. The van der Waals surface area contributed by atoms with Crippen LogP contribution in [0.25, 0.3) is 5.57 Å². The van der Waals surface area contributed by atoms with Gasteiger partial charge in [-0.05, 0) is 49.0 Å². The monoisotopic (exact) mass is 260 g/mol. The topological polar surface area (TPSA) is 46.5 Å². The minimum atomic E-state index is -0.667. The largest absolute Gasteiger partial charge is 0.497 e. The minimum Gasteiger partial charge on any atom is -0.497 e. The van der Waals surface area contributed by atoms with Gasteiger partial charge in [-0.3, -0.25) is 4.79 Å². The Kier molecular flexibility index (Phi) is 4.25. The van der Waals surface area contributed by atoms with E-state index >= 15 is 0 Å². The van der Waals surface area contributed by atoms with Gasteiger partial charge >= 0.3 is 5.97 Å². The Balaban J connectivity index is 2.28. The third-order valence-corrected chi connectivity index (χ3v) is 3.88. The molecule has 0 fully saturated rings. The average molecular weight is 260 g/mol. The van der Waals surface area contributed by atoms with E-state index in [9.17, 15) is 4.79 Å². The van der Waals surface area contributed by atoms with Crippen LogP contribution < -0.4 is 4.74 Å². The SMILES string of the molecule is CCC1=C(c2ccc(OC)cc2)CC[C@H](C(=O)O)C1. The van der Waals surface area contributed by atoms with Crippen LogP contribution in [-0.4, -0.2) is 18.2 Å². The molecule has 0 aliphatic heterocycles. The lowest BCUT2D eigenvalue weighted by molar-refractivity contribution is -0.142. The fourth-order valence-corrected chi connectivity index (χ4v) is 2.73. The summed E-state index contributed by atoms with van der Waals surface area (Å²) in [4.78, 5) is 11.1. The molecule has 0 saturated carbocycles. The van der Waals surface area contributed by atoms with Gasteiger partial charge < -0.3 is 9.84 Å². The Morgan fingerprint density at radius 1 is 1.37 bits per heavy atom. The molecule has 0 bridgehead atoms. The molecule has 0 heterocycles. The van der Waals surface area contributed by atoms with E-state index in [4.69, 9.17) is 9.84 Å². The first-order valence-electron chi connectivity index (χ1n) is 6.73. The van der Waals surface area contributed by atoms with Crippen LogP contribution in [0.4, 0.5) is 0 Å². The molecule has 0 saturated heterocycles. The predicted molar refractivity (Wildman–Crippen MR) is 75.2 cm³/mol.